The Kier molecular flexibility index (Phi) is 2.19. The van der Waals surface area contributed by atoms with Crippen molar-refractivity contribution in [3.63, 3.8) is 0 Å². The lowest BCUT2D eigenvalue weighted by Crippen LogP contribution is -1.86. The molecule has 0 aliphatic carbocycles. The van der Waals surface area contributed by atoms with Crippen LogP contribution >= 0.6 is 11.3 Å². The standard InChI is InChI=1S/C10H9N5OS/c1-5-6(3-14-16-5)8-4-12-10(17-8)7-2-13-15-9(7)11/h2-4H,1H3,(H3,11,13,15). The van der Waals surface area contributed by atoms with E-state index < -0.39 is 0 Å². The molecule has 3 rings (SSSR count). The molecule has 0 aromatic carbocycles. The number of anilines is 1. The predicted octanol–water partition coefficient (Wildman–Crippen LogP) is 2.08. The van der Waals surface area contributed by atoms with E-state index in [1.807, 2.05) is 6.92 Å². The molecule has 6 nitrogen and oxygen atoms in total. The summed E-state index contributed by atoms with van der Waals surface area (Å²) >= 11 is 1.53. The summed E-state index contributed by atoms with van der Waals surface area (Å²) in [6, 6.07) is 0. The van der Waals surface area contributed by atoms with Crippen molar-refractivity contribution in [3.8, 4) is 21.0 Å². The fourth-order valence-corrected chi connectivity index (χ4v) is 2.52. The zero-order chi connectivity index (χ0) is 11.8. The maximum Gasteiger partial charge on any atom is 0.142 e. The number of rotatable bonds is 2. The van der Waals surface area contributed by atoms with Crippen LogP contribution in [0, 0.1) is 6.92 Å². The predicted molar refractivity (Wildman–Crippen MR) is 64.3 cm³/mol. The minimum Gasteiger partial charge on any atom is -0.383 e. The second-order valence-electron chi connectivity index (χ2n) is 3.52. The third-order valence-corrected chi connectivity index (χ3v) is 3.49. The molecular formula is C10H9N5OS. The molecule has 0 aliphatic heterocycles. The van der Waals surface area contributed by atoms with Crippen LogP contribution in [0.2, 0.25) is 0 Å². The molecule has 3 aromatic rings. The minimum absolute atomic E-state index is 0.521. The smallest absolute Gasteiger partial charge is 0.142 e. The van der Waals surface area contributed by atoms with E-state index in [1.165, 1.54) is 11.3 Å². The number of aromatic amines is 1. The number of nitrogen functional groups attached to an aromatic ring is 1. The highest BCUT2D eigenvalue weighted by molar-refractivity contribution is 7.18. The van der Waals surface area contributed by atoms with Gasteiger partial charge in [0.2, 0.25) is 0 Å². The van der Waals surface area contributed by atoms with Crippen LogP contribution in [0.5, 0.6) is 0 Å². The zero-order valence-electron chi connectivity index (χ0n) is 8.97. The fourth-order valence-electron chi connectivity index (χ4n) is 1.53. The topological polar surface area (TPSA) is 93.6 Å². The Morgan fingerprint density at radius 3 is 2.82 bits per heavy atom. The second-order valence-corrected chi connectivity index (χ2v) is 4.55. The van der Waals surface area contributed by atoms with Gasteiger partial charge in [-0.3, -0.25) is 5.10 Å². The SMILES string of the molecule is Cc1oncc1-c1cnc(-c2cn[nH]c2N)s1. The average molecular weight is 247 g/mol. The molecule has 0 saturated carbocycles. The Labute approximate surface area is 100 Å². The lowest BCUT2D eigenvalue weighted by molar-refractivity contribution is 0.398. The van der Waals surface area contributed by atoms with Gasteiger partial charge in [0.05, 0.1) is 28.4 Å². The van der Waals surface area contributed by atoms with E-state index in [4.69, 9.17) is 10.3 Å². The Balaban J connectivity index is 2.05. The summed E-state index contributed by atoms with van der Waals surface area (Å²) in [7, 11) is 0. The maximum absolute atomic E-state index is 5.75. The molecule has 0 atom stereocenters. The van der Waals surface area contributed by atoms with Gasteiger partial charge in [0, 0.05) is 6.20 Å². The van der Waals surface area contributed by atoms with E-state index in [-0.39, 0.29) is 0 Å². The van der Waals surface area contributed by atoms with E-state index in [2.05, 4.69) is 20.3 Å². The highest BCUT2D eigenvalue weighted by Gasteiger charge is 2.13. The summed E-state index contributed by atoms with van der Waals surface area (Å²) in [5, 5.41) is 11.1. The van der Waals surface area contributed by atoms with Crippen LogP contribution in [0.1, 0.15) is 5.76 Å². The average Bonchev–Trinajstić information content (AvgIpc) is 2.97. The molecule has 17 heavy (non-hydrogen) atoms. The van der Waals surface area contributed by atoms with E-state index in [0.29, 0.717) is 5.82 Å². The molecule has 3 N–H and O–H groups in total. The lowest BCUT2D eigenvalue weighted by Gasteiger charge is -1.91. The molecule has 0 aliphatic rings. The van der Waals surface area contributed by atoms with Crippen LogP contribution in [-0.2, 0) is 0 Å². The van der Waals surface area contributed by atoms with E-state index in [1.54, 1.807) is 18.6 Å². The van der Waals surface area contributed by atoms with Gasteiger partial charge < -0.3 is 10.3 Å². The molecule has 3 aromatic heterocycles. The molecule has 0 saturated heterocycles. The van der Waals surface area contributed by atoms with Crippen LogP contribution in [0.15, 0.2) is 23.1 Å². The van der Waals surface area contributed by atoms with Crippen LogP contribution < -0.4 is 5.73 Å². The van der Waals surface area contributed by atoms with Crippen molar-refractivity contribution in [3.05, 3.63) is 24.4 Å². The van der Waals surface area contributed by atoms with Gasteiger partial charge in [0.15, 0.2) is 0 Å². The normalized spacial score (nSPS) is 10.9. The van der Waals surface area contributed by atoms with Crippen LogP contribution in [0.25, 0.3) is 21.0 Å². The highest BCUT2D eigenvalue weighted by atomic mass is 32.1. The fraction of sp³-hybridized carbons (Fsp3) is 0.100. The summed E-state index contributed by atoms with van der Waals surface area (Å²) in [6.07, 6.45) is 5.13. The summed E-state index contributed by atoms with van der Waals surface area (Å²) in [6.45, 7) is 1.87. The molecule has 0 amide bonds. The largest absolute Gasteiger partial charge is 0.383 e. The van der Waals surface area contributed by atoms with Crippen LogP contribution in [0.3, 0.4) is 0 Å². The third-order valence-electron chi connectivity index (χ3n) is 2.42. The van der Waals surface area contributed by atoms with Crippen molar-refractivity contribution in [1.29, 1.82) is 0 Å². The molecule has 3 heterocycles. The number of nitrogens with two attached hydrogens (primary N) is 1. The molecule has 7 heteroatoms. The summed E-state index contributed by atoms with van der Waals surface area (Å²) in [5.41, 5.74) is 7.52. The highest BCUT2D eigenvalue weighted by Crippen LogP contribution is 2.34. The van der Waals surface area contributed by atoms with Gasteiger partial charge in [0.1, 0.15) is 16.6 Å². The number of H-pyrrole nitrogens is 1. The second kappa shape index (κ2) is 3.70. The number of thiazole rings is 1. The molecule has 0 radical (unpaired) electrons. The lowest BCUT2D eigenvalue weighted by atomic mass is 10.2. The van der Waals surface area contributed by atoms with Crippen molar-refractivity contribution in [2.75, 3.05) is 5.73 Å². The van der Waals surface area contributed by atoms with Crippen molar-refractivity contribution in [1.82, 2.24) is 20.3 Å². The van der Waals surface area contributed by atoms with Gasteiger partial charge in [-0.2, -0.15) is 5.10 Å². The van der Waals surface area contributed by atoms with Crippen LogP contribution in [0.4, 0.5) is 5.82 Å². The first-order valence-corrected chi connectivity index (χ1v) is 5.74. The summed E-state index contributed by atoms with van der Waals surface area (Å²) < 4.78 is 5.03. The summed E-state index contributed by atoms with van der Waals surface area (Å²) in [4.78, 5) is 5.33. The Hall–Kier alpha value is -2.15. The number of nitrogens with one attached hydrogen (secondary N) is 1. The van der Waals surface area contributed by atoms with Gasteiger partial charge in [-0.1, -0.05) is 5.16 Å². The van der Waals surface area contributed by atoms with E-state index >= 15 is 0 Å². The van der Waals surface area contributed by atoms with Gasteiger partial charge in [0.25, 0.3) is 0 Å². The first-order chi connectivity index (χ1) is 8.25. The first-order valence-electron chi connectivity index (χ1n) is 4.92. The maximum atomic E-state index is 5.75. The molecule has 0 unspecified atom stereocenters. The Morgan fingerprint density at radius 1 is 1.29 bits per heavy atom. The minimum atomic E-state index is 0.521. The Bertz CT molecular complexity index is 598. The Morgan fingerprint density at radius 2 is 2.18 bits per heavy atom. The van der Waals surface area contributed by atoms with Gasteiger partial charge >= 0.3 is 0 Å². The number of nitrogens with zero attached hydrogens (tertiary/aromatic N) is 3. The van der Waals surface area contributed by atoms with E-state index in [0.717, 1.165) is 26.8 Å². The molecule has 0 spiro atoms. The van der Waals surface area contributed by atoms with E-state index in [9.17, 15) is 0 Å². The number of hydrogen-bond donors (Lipinski definition) is 2. The number of aromatic nitrogens is 4. The molecule has 86 valence electrons. The summed E-state index contributed by atoms with van der Waals surface area (Å²) in [5.74, 6) is 1.30. The zero-order valence-corrected chi connectivity index (χ0v) is 9.78. The van der Waals surface area contributed by atoms with Crippen molar-refractivity contribution in [2.45, 2.75) is 6.92 Å². The molecule has 0 fully saturated rings. The van der Waals surface area contributed by atoms with Gasteiger partial charge in [-0.05, 0) is 6.92 Å². The number of hydrogen-bond acceptors (Lipinski definition) is 6. The van der Waals surface area contributed by atoms with Gasteiger partial charge in [-0.25, -0.2) is 4.98 Å². The van der Waals surface area contributed by atoms with Crippen molar-refractivity contribution in [2.24, 2.45) is 0 Å². The third kappa shape index (κ3) is 1.60. The first kappa shape index (κ1) is 10.0. The van der Waals surface area contributed by atoms with Crippen molar-refractivity contribution < 1.29 is 4.52 Å². The molecule has 0 bridgehead atoms. The number of aryl methyl sites for hydroxylation is 1. The quantitative estimate of drug-likeness (QED) is 0.723. The van der Waals surface area contributed by atoms with Crippen molar-refractivity contribution >= 4 is 17.2 Å². The van der Waals surface area contributed by atoms with Crippen LogP contribution in [-0.4, -0.2) is 20.3 Å². The van der Waals surface area contributed by atoms with Gasteiger partial charge in [-0.15, -0.1) is 11.3 Å². The molecular weight excluding hydrogens is 238 g/mol. The monoisotopic (exact) mass is 247 g/mol.